The van der Waals surface area contributed by atoms with Crippen molar-refractivity contribution in [2.45, 2.75) is 70.6 Å². The summed E-state index contributed by atoms with van der Waals surface area (Å²) < 4.78 is 40.8. The van der Waals surface area contributed by atoms with E-state index in [1.807, 2.05) is 43.3 Å². The molecule has 4 heteroatoms. The molecule has 1 nitrogen and oxygen atoms in total. The van der Waals surface area contributed by atoms with E-state index in [9.17, 15) is 18.3 Å². The zero-order valence-corrected chi connectivity index (χ0v) is 18.7. The molecule has 3 aromatic rings. The maximum absolute atomic E-state index is 13.6. The monoisotopic (exact) mass is 426 g/mol. The van der Waals surface area contributed by atoms with Gasteiger partial charge in [0.2, 0.25) is 0 Å². The Morgan fingerprint density at radius 3 is 1.90 bits per heavy atom. The molecule has 0 saturated heterocycles. The lowest BCUT2D eigenvalue weighted by molar-refractivity contribution is -0.206. The molecule has 4 rings (SSSR count). The number of alkyl halides is 3. The van der Waals surface area contributed by atoms with Gasteiger partial charge in [-0.15, -0.1) is 0 Å². The summed E-state index contributed by atoms with van der Waals surface area (Å²) in [7, 11) is 0. The summed E-state index contributed by atoms with van der Waals surface area (Å²) in [5, 5.41) is 11.5. The second-order valence-electron chi connectivity index (χ2n) is 10.3. The Kier molecular flexibility index (Phi) is 5.01. The summed E-state index contributed by atoms with van der Waals surface area (Å²) in [4.78, 5) is 0. The molecule has 31 heavy (non-hydrogen) atoms. The van der Waals surface area contributed by atoms with Crippen molar-refractivity contribution in [3.8, 4) is 11.1 Å². The molecule has 0 spiro atoms. The molecule has 1 unspecified atom stereocenters. The Morgan fingerprint density at radius 1 is 0.806 bits per heavy atom. The van der Waals surface area contributed by atoms with E-state index in [-0.39, 0.29) is 16.4 Å². The van der Waals surface area contributed by atoms with Crippen molar-refractivity contribution < 1.29 is 18.3 Å². The Hall–Kier alpha value is -2.33. The number of benzene rings is 3. The van der Waals surface area contributed by atoms with Crippen molar-refractivity contribution in [2.24, 2.45) is 0 Å². The molecule has 0 aromatic heterocycles. The van der Waals surface area contributed by atoms with E-state index in [1.54, 1.807) is 0 Å². The summed E-state index contributed by atoms with van der Waals surface area (Å²) >= 11 is 0. The number of aliphatic hydroxyl groups excluding tert-OH is 1. The fourth-order valence-electron chi connectivity index (χ4n) is 4.77. The molecule has 0 bridgehead atoms. The molecular weight excluding hydrogens is 397 g/mol. The smallest absolute Gasteiger partial charge is 0.379 e. The van der Waals surface area contributed by atoms with Crippen LogP contribution in [0.3, 0.4) is 0 Å². The van der Waals surface area contributed by atoms with Crippen LogP contribution in [-0.2, 0) is 10.8 Å². The lowest BCUT2D eigenvalue weighted by Crippen LogP contribution is -2.33. The second-order valence-corrected chi connectivity index (χ2v) is 10.3. The number of aryl methyl sites for hydroxylation is 1. The Morgan fingerprint density at radius 2 is 1.35 bits per heavy atom. The first-order valence-corrected chi connectivity index (χ1v) is 10.7. The highest BCUT2D eigenvalue weighted by Gasteiger charge is 2.42. The molecule has 1 aliphatic carbocycles. The van der Waals surface area contributed by atoms with Crippen molar-refractivity contribution in [2.75, 3.05) is 0 Å². The third-order valence-electron chi connectivity index (χ3n) is 6.95. The average molecular weight is 427 g/mol. The Labute approximate surface area is 181 Å². The fraction of sp³-hybridized carbons (Fsp3) is 0.407. The molecule has 1 aliphatic rings. The van der Waals surface area contributed by atoms with Crippen LogP contribution in [0.5, 0.6) is 0 Å². The third-order valence-corrected chi connectivity index (χ3v) is 6.95. The molecule has 0 radical (unpaired) electrons. The summed E-state index contributed by atoms with van der Waals surface area (Å²) in [6, 6.07) is 15.1. The van der Waals surface area contributed by atoms with E-state index < -0.39 is 12.3 Å². The van der Waals surface area contributed by atoms with Crippen LogP contribution in [0.25, 0.3) is 21.9 Å². The molecule has 0 aliphatic heterocycles. The molecule has 0 fully saturated rings. The lowest BCUT2D eigenvalue weighted by Gasteiger charge is -2.42. The van der Waals surface area contributed by atoms with Gasteiger partial charge in [-0.25, -0.2) is 0 Å². The minimum atomic E-state index is -4.73. The van der Waals surface area contributed by atoms with Crippen LogP contribution in [0.2, 0.25) is 0 Å². The van der Waals surface area contributed by atoms with Crippen LogP contribution < -0.4 is 0 Å². The van der Waals surface area contributed by atoms with Crippen molar-refractivity contribution in [3.05, 3.63) is 70.8 Å². The number of aliphatic hydroxyl groups is 1. The highest BCUT2D eigenvalue weighted by atomic mass is 19.4. The first-order chi connectivity index (χ1) is 14.3. The molecule has 3 aromatic carbocycles. The van der Waals surface area contributed by atoms with E-state index in [2.05, 4.69) is 33.8 Å². The second kappa shape index (κ2) is 7.09. The fourth-order valence-corrected chi connectivity index (χ4v) is 4.77. The third kappa shape index (κ3) is 3.87. The van der Waals surface area contributed by atoms with Gasteiger partial charge in [0.1, 0.15) is 0 Å². The highest BCUT2D eigenvalue weighted by molar-refractivity contribution is 5.92. The number of hydrogen-bond acceptors (Lipinski definition) is 1. The van der Waals surface area contributed by atoms with Gasteiger partial charge in [0.15, 0.2) is 6.10 Å². The van der Waals surface area contributed by atoms with Crippen LogP contribution in [-0.4, -0.2) is 11.3 Å². The van der Waals surface area contributed by atoms with E-state index in [1.165, 1.54) is 11.6 Å². The van der Waals surface area contributed by atoms with Crippen LogP contribution in [0.1, 0.15) is 68.9 Å². The van der Waals surface area contributed by atoms with Crippen molar-refractivity contribution >= 4 is 10.8 Å². The summed E-state index contributed by atoms with van der Waals surface area (Å²) in [6.07, 6.45) is -5.27. The van der Waals surface area contributed by atoms with Gasteiger partial charge >= 0.3 is 6.18 Å². The predicted molar refractivity (Wildman–Crippen MR) is 120 cm³/mol. The quantitative estimate of drug-likeness (QED) is 0.444. The predicted octanol–water partition coefficient (Wildman–Crippen LogP) is 7.76. The molecular formula is C27H29F3O. The largest absolute Gasteiger partial charge is 0.418 e. The number of fused-ring (bicyclic) bond motifs is 2. The summed E-state index contributed by atoms with van der Waals surface area (Å²) in [5.74, 6) is 0. The summed E-state index contributed by atoms with van der Waals surface area (Å²) in [5.41, 5.74) is 4.59. The lowest BCUT2D eigenvalue weighted by atomic mass is 9.62. The van der Waals surface area contributed by atoms with Crippen LogP contribution in [0.15, 0.2) is 48.5 Å². The maximum Gasteiger partial charge on any atom is 0.418 e. The molecule has 0 heterocycles. The average Bonchev–Trinajstić information content (AvgIpc) is 2.69. The first kappa shape index (κ1) is 21.9. The normalized spacial score (nSPS) is 18.6. The summed E-state index contributed by atoms with van der Waals surface area (Å²) in [6.45, 7) is 10.7. The minimum absolute atomic E-state index is 0.0539. The maximum atomic E-state index is 13.6. The number of rotatable bonds is 2. The van der Waals surface area contributed by atoms with Gasteiger partial charge in [-0.1, -0.05) is 63.6 Å². The molecule has 0 saturated carbocycles. The van der Waals surface area contributed by atoms with Crippen molar-refractivity contribution in [1.29, 1.82) is 0 Å². The number of hydrogen-bond donors (Lipinski definition) is 1. The van der Waals surface area contributed by atoms with Crippen LogP contribution in [0.4, 0.5) is 13.2 Å². The van der Waals surface area contributed by atoms with Gasteiger partial charge in [-0.2, -0.15) is 13.2 Å². The molecule has 1 atom stereocenters. The highest BCUT2D eigenvalue weighted by Crippen LogP contribution is 2.48. The van der Waals surface area contributed by atoms with E-state index in [4.69, 9.17) is 0 Å². The first-order valence-electron chi connectivity index (χ1n) is 10.7. The minimum Gasteiger partial charge on any atom is -0.379 e. The topological polar surface area (TPSA) is 20.2 Å². The van der Waals surface area contributed by atoms with Gasteiger partial charge in [0.05, 0.1) is 0 Å². The zero-order chi connectivity index (χ0) is 22.8. The van der Waals surface area contributed by atoms with Crippen LogP contribution >= 0.6 is 0 Å². The standard InChI is InChI=1S/C27H29F3O/c1-16-6-8-17(9-7-16)18-12-19-14-22-23(26(4,5)11-10-25(22,2)3)15-20(19)21(13-18)24(31)27(28,29)30/h6-9,12-15,24,31H,10-11H2,1-5H3. The zero-order valence-electron chi connectivity index (χ0n) is 18.7. The Bertz CT molecular complexity index is 1140. The van der Waals surface area contributed by atoms with Crippen molar-refractivity contribution in [3.63, 3.8) is 0 Å². The van der Waals surface area contributed by atoms with E-state index in [0.717, 1.165) is 34.9 Å². The van der Waals surface area contributed by atoms with Gasteiger partial charge < -0.3 is 5.11 Å². The van der Waals surface area contributed by atoms with E-state index in [0.29, 0.717) is 10.9 Å². The molecule has 1 N–H and O–H groups in total. The van der Waals surface area contributed by atoms with E-state index >= 15 is 0 Å². The van der Waals surface area contributed by atoms with Gasteiger partial charge in [-0.05, 0) is 87.4 Å². The molecule has 164 valence electrons. The number of halogens is 3. The molecule has 0 amide bonds. The SMILES string of the molecule is Cc1ccc(-c2cc(C(O)C(F)(F)F)c3cc4c(cc3c2)C(C)(C)CCC4(C)C)cc1. The van der Waals surface area contributed by atoms with Gasteiger partial charge in [-0.3, -0.25) is 0 Å². The van der Waals surface area contributed by atoms with Gasteiger partial charge in [0.25, 0.3) is 0 Å². The van der Waals surface area contributed by atoms with Crippen LogP contribution in [0, 0.1) is 6.92 Å². The van der Waals surface area contributed by atoms with Crippen molar-refractivity contribution in [1.82, 2.24) is 0 Å². The van der Waals surface area contributed by atoms with Gasteiger partial charge in [0, 0.05) is 0 Å². The Balaban J connectivity index is 2.05.